The SMILES string of the molecule is Cc1cc(N2CCC(N3CCCC3C)C2)ccc1NC(=O)C1=CC(=O)C2C=CC=CC2O1. The summed E-state index contributed by atoms with van der Waals surface area (Å²) in [4.78, 5) is 30.3. The molecule has 0 saturated carbocycles. The highest BCUT2D eigenvalue weighted by Gasteiger charge is 2.34. The predicted octanol–water partition coefficient (Wildman–Crippen LogP) is 3.59. The lowest BCUT2D eigenvalue weighted by molar-refractivity contribution is -0.125. The number of anilines is 2. The van der Waals surface area contributed by atoms with Crippen molar-refractivity contribution in [1.29, 1.82) is 0 Å². The third kappa shape index (κ3) is 3.99. The number of rotatable bonds is 4. The number of nitrogens with zero attached hydrogens (tertiary/aromatic N) is 2. The van der Waals surface area contributed by atoms with Crippen LogP contribution in [0.5, 0.6) is 0 Å². The number of amides is 1. The Hall–Kier alpha value is -2.86. The number of ketones is 1. The van der Waals surface area contributed by atoms with Gasteiger partial charge in [0.1, 0.15) is 6.10 Å². The van der Waals surface area contributed by atoms with Crippen LogP contribution in [0.2, 0.25) is 0 Å². The lowest BCUT2D eigenvalue weighted by atomic mass is 9.91. The molecule has 6 heteroatoms. The van der Waals surface area contributed by atoms with E-state index in [2.05, 4.69) is 34.2 Å². The number of aryl methyl sites for hydroxylation is 1. The van der Waals surface area contributed by atoms with Crippen LogP contribution in [0.3, 0.4) is 0 Å². The molecule has 0 aromatic heterocycles. The third-order valence-electron chi connectivity index (χ3n) is 7.23. The van der Waals surface area contributed by atoms with Crippen molar-refractivity contribution >= 4 is 23.1 Å². The van der Waals surface area contributed by atoms with Crippen LogP contribution in [-0.4, -0.2) is 54.4 Å². The van der Waals surface area contributed by atoms with Gasteiger partial charge < -0.3 is 15.0 Å². The van der Waals surface area contributed by atoms with E-state index in [1.54, 1.807) is 0 Å². The van der Waals surface area contributed by atoms with E-state index < -0.39 is 6.10 Å². The van der Waals surface area contributed by atoms with Gasteiger partial charge in [0, 0.05) is 42.6 Å². The van der Waals surface area contributed by atoms with Crippen molar-refractivity contribution in [2.75, 3.05) is 29.9 Å². The lowest BCUT2D eigenvalue weighted by Gasteiger charge is -2.29. The van der Waals surface area contributed by atoms with E-state index in [-0.39, 0.29) is 23.4 Å². The van der Waals surface area contributed by atoms with Crippen LogP contribution in [0.1, 0.15) is 31.7 Å². The fourth-order valence-electron chi connectivity index (χ4n) is 5.39. The number of nitrogens with one attached hydrogen (secondary N) is 1. The molecule has 0 bridgehead atoms. The quantitative estimate of drug-likeness (QED) is 0.786. The highest BCUT2D eigenvalue weighted by atomic mass is 16.5. The number of likely N-dealkylation sites (tertiary alicyclic amines) is 1. The van der Waals surface area contributed by atoms with E-state index in [4.69, 9.17) is 4.74 Å². The Bertz CT molecular complexity index is 1010. The Morgan fingerprint density at radius 3 is 2.78 bits per heavy atom. The topological polar surface area (TPSA) is 61.9 Å². The molecule has 4 aliphatic rings. The third-order valence-corrected chi connectivity index (χ3v) is 7.23. The Morgan fingerprint density at radius 1 is 1.16 bits per heavy atom. The molecule has 0 radical (unpaired) electrons. The van der Waals surface area contributed by atoms with Crippen LogP contribution in [0.15, 0.2) is 54.3 Å². The van der Waals surface area contributed by atoms with E-state index in [0.717, 1.165) is 24.3 Å². The number of hydrogen-bond acceptors (Lipinski definition) is 5. The van der Waals surface area contributed by atoms with Gasteiger partial charge in [0.05, 0.1) is 5.92 Å². The molecular weight excluding hydrogens is 402 g/mol. The van der Waals surface area contributed by atoms with Gasteiger partial charge in [-0.15, -0.1) is 0 Å². The predicted molar refractivity (Wildman–Crippen MR) is 126 cm³/mol. The summed E-state index contributed by atoms with van der Waals surface area (Å²) < 4.78 is 5.79. The van der Waals surface area contributed by atoms with Crippen LogP contribution in [0, 0.1) is 12.8 Å². The van der Waals surface area contributed by atoms with Crippen molar-refractivity contribution in [3.05, 3.63) is 59.9 Å². The number of ether oxygens (including phenoxy) is 1. The summed E-state index contributed by atoms with van der Waals surface area (Å²) in [7, 11) is 0. The maximum atomic E-state index is 12.8. The summed E-state index contributed by atoms with van der Waals surface area (Å²) in [5, 5.41) is 2.92. The minimum Gasteiger partial charge on any atom is -0.479 e. The van der Waals surface area contributed by atoms with E-state index in [1.165, 1.54) is 37.6 Å². The second-order valence-electron chi connectivity index (χ2n) is 9.36. The number of allylic oxidation sites excluding steroid dienone is 3. The highest BCUT2D eigenvalue weighted by molar-refractivity contribution is 6.08. The molecule has 32 heavy (non-hydrogen) atoms. The van der Waals surface area contributed by atoms with Gasteiger partial charge in [-0.1, -0.05) is 18.2 Å². The van der Waals surface area contributed by atoms with Gasteiger partial charge in [0.15, 0.2) is 11.5 Å². The van der Waals surface area contributed by atoms with Gasteiger partial charge in [0.2, 0.25) is 0 Å². The van der Waals surface area contributed by atoms with E-state index in [1.807, 2.05) is 37.3 Å². The Kier molecular flexibility index (Phi) is 5.64. The van der Waals surface area contributed by atoms with Gasteiger partial charge >= 0.3 is 0 Å². The maximum absolute atomic E-state index is 12.8. The molecule has 5 rings (SSSR count). The van der Waals surface area contributed by atoms with E-state index >= 15 is 0 Å². The molecule has 0 spiro atoms. The number of benzene rings is 1. The van der Waals surface area contributed by atoms with Crippen molar-refractivity contribution in [3.8, 4) is 0 Å². The Labute approximate surface area is 189 Å². The molecule has 4 unspecified atom stereocenters. The molecule has 2 saturated heterocycles. The fraction of sp³-hybridized carbons (Fsp3) is 0.462. The molecular formula is C26H31N3O3. The van der Waals surface area contributed by atoms with Gasteiger partial charge in [0.25, 0.3) is 5.91 Å². The van der Waals surface area contributed by atoms with Crippen LogP contribution in [-0.2, 0) is 14.3 Å². The van der Waals surface area contributed by atoms with Gasteiger partial charge in [-0.2, -0.15) is 0 Å². The average molecular weight is 434 g/mol. The number of carbonyl (C=O) groups is 2. The van der Waals surface area contributed by atoms with Gasteiger partial charge in [-0.25, -0.2) is 0 Å². The number of carbonyl (C=O) groups excluding carboxylic acids is 2. The maximum Gasteiger partial charge on any atom is 0.290 e. The van der Waals surface area contributed by atoms with Gasteiger partial charge in [-0.05, 0) is 69.5 Å². The van der Waals surface area contributed by atoms with Crippen LogP contribution in [0.25, 0.3) is 0 Å². The summed E-state index contributed by atoms with van der Waals surface area (Å²) in [6, 6.07) is 7.48. The van der Waals surface area contributed by atoms with Crippen LogP contribution >= 0.6 is 0 Å². The minimum atomic E-state index is -0.414. The summed E-state index contributed by atoms with van der Waals surface area (Å²) in [5.41, 5.74) is 2.93. The molecule has 1 aromatic carbocycles. The van der Waals surface area contributed by atoms with Crippen LogP contribution in [0.4, 0.5) is 11.4 Å². The molecule has 1 aromatic rings. The zero-order valence-corrected chi connectivity index (χ0v) is 18.8. The molecule has 2 fully saturated rings. The zero-order valence-electron chi connectivity index (χ0n) is 18.8. The fourth-order valence-corrected chi connectivity index (χ4v) is 5.39. The number of hydrogen-bond donors (Lipinski definition) is 1. The van der Waals surface area contributed by atoms with Crippen molar-refractivity contribution in [2.24, 2.45) is 5.92 Å². The molecule has 1 amide bonds. The Morgan fingerprint density at radius 2 is 2.00 bits per heavy atom. The molecule has 6 nitrogen and oxygen atoms in total. The first-order valence-electron chi connectivity index (χ1n) is 11.7. The summed E-state index contributed by atoms with van der Waals surface area (Å²) >= 11 is 0. The highest BCUT2D eigenvalue weighted by Crippen LogP contribution is 2.31. The normalized spacial score (nSPS) is 29.6. The molecule has 3 heterocycles. The summed E-state index contributed by atoms with van der Waals surface area (Å²) in [6.45, 7) is 7.69. The van der Waals surface area contributed by atoms with Gasteiger partial charge in [-0.3, -0.25) is 14.5 Å². The minimum absolute atomic E-state index is 0.0711. The zero-order chi connectivity index (χ0) is 22.2. The van der Waals surface area contributed by atoms with Crippen molar-refractivity contribution < 1.29 is 14.3 Å². The summed E-state index contributed by atoms with van der Waals surface area (Å²) in [5.74, 6) is -0.762. The molecule has 1 N–H and O–H groups in total. The molecule has 4 atom stereocenters. The smallest absolute Gasteiger partial charge is 0.290 e. The van der Waals surface area contributed by atoms with Crippen molar-refractivity contribution in [1.82, 2.24) is 4.90 Å². The average Bonchev–Trinajstić information content (AvgIpc) is 3.44. The van der Waals surface area contributed by atoms with E-state index in [9.17, 15) is 9.59 Å². The number of fused-ring (bicyclic) bond motifs is 1. The second-order valence-corrected chi connectivity index (χ2v) is 9.36. The first-order chi connectivity index (χ1) is 15.5. The molecule has 168 valence electrons. The van der Waals surface area contributed by atoms with Crippen molar-refractivity contribution in [3.63, 3.8) is 0 Å². The second kappa shape index (κ2) is 8.58. The largest absolute Gasteiger partial charge is 0.479 e. The Balaban J connectivity index is 1.24. The van der Waals surface area contributed by atoms with Crippen molar-refractivity contribution in [2.45, 2.75) is 51.3 Å². The van der Waals surface area contributed by atoms with E-state index in [0.29, 0.717) is 12.1 Å². The summed E-state index contributed by atoms with van der Waals surface area (Å²) in [6.07, 6.45) is 12.0. The monoisotopic (exact) mass is 433 g/mol. The molecule has 3 aliphatic heterocycles. The lowest BCUT2D eigenvalue weighted by Crippen LogP contribution is -2.39. The first-order valence-corrected chi connectivity index (χ1v) is 11.7. The molecule has 1 aliphatic carbocycles. The standard InChI is InChI=1S/C26H31N3O3/c1-17-14-19(28-13-11-20(16-28)29-12-5-6-18(29)2)9-10-22(17)27-26(31)25-15-23(30)21-7-3-4-8-24(21)32-25/h3-4,7-10,14-15,18,20-21,24H,5-6,11-13,16H2,1-2H3,(H,27,31). The first kappa shape index (κ1) is 21.0. The van der Waals surface area contributed by atoms with Crippen LogP contribution < -0.4 is 10.2 Å².